The standard InChI is InChI=1S/C16H28O/c1-6-8-14(11-13(3)17)15-12(2)9-7-10-16(15,4)5/h14H,6-11H2,1-5H3. The number of hydrogen-bond acceptors (Lipinski definition) is 1. The molecule has 0 aromatic rings. The van der Waals surface area contributed by atoms with Gasteiger partial charge in [-0.1, -0.05) is 38.3 Å². The average Bonchev–Trinajstić information content (AvgIpc) is 2.15. The molecule has 0 aliphatic heterocycles. The number of Topliss-reactive ketones (excluding diaryl/α,β-unsaturated/α-hetero) is 1. The molecule has 1 aliphatic carbocycles. The molecule has 0 amide bonds. The van der Waals surface area contributed by atoms with Crippen LogP contribution in [-0.4, -0.2) is 5.78 Å². The minimum Gasteiger partial charge on any atom is -0.300 e. The molecule has 0 fully saturated rings. The molecule has 1 rings (SSSR count). The van der Waals surface area contributed by atoms with Gasteiger partial charge in [-0.05, 0) is 50.9 Å². The summed E-state index contributed by atoms with van der Waals surface area (Å²) in [5.74, 6) is 0.831. The molecule has 0 aromatic carbocycles. The van der Waals surface area contributed by atoms with Crippen LogP contribution in [0.4, 0.5) is 0 Å². The molecule has 0 aromatic heterocycles. The molecule has 0 heterocycles. The zero-order valence-electron chi connectivity index (χ0n) is 12.2. The monoisotopic (exact) mass is 236 g/mol. The van der Waals surface area contributed by atoms with Crippen molar-refractivity contribution in [1.82, 2.24) is 0 Å². The van der Waals surface area contributed by atoms with E-state index < -0.39 is 0 Å². The van der Waals surface area contributed by atoms with E-state index >= 15 is 0 Å². The summed E-state index contributed by atoms with van der Waals surface area (Å²) in [6.07, 6.45) is 6.89. The van der Waals surface area contributed by atoms with Gasteiger partial charge in [-0.15, -0.1) is 0 Å². The van der Waals surface area contributed by atoms with Gasteiger partial charge in [-0.25, -0.2) is 0 Å². The minimum absolute atomic E-state index is 0.303. The van der Waals surface area contributed by atoms with E-state index in [0.29, 0.717) is 17.1 Å². The number of ketones is 1. The Bertz CT molecular complexity index is 309. The maximum Gasteiger partial charge on any atom is 0.130 e. The van der Waals surface area contributed by atoms with Gasteiger partial charge in [0.1, 0.15) is 5.78 Å². The predicted octanol–water partition coefficient (Wildman–Crippen LogP) is 4.91. The third kappa shape index (κ3) is 3.69. The van der Waals surface area contributed by atoms with Crippen molar-refractivity contribution in [2.24, 2.45) is 11.3 Å². The summed E-state index contributed by atoms with van der Waals surface area (Å²) >= 11 is 0. The van der Waals surface area contributed by atoms with Crippen molar-refractivity contribution in [3.63, 3.8) is 0 Å². The molecule has 0 bridgehead atoms. The maximum atomic E-state index is 11.5. The molecule has 1 unspecified atom stereocenters. The Hall–Kier alpha value is -0.590. The number of allylic oxidation sites excluding steroid dienone is 2. The van der Waals surface area contributed by atoms with Crippen LogP contribution in [0.1, 0.15) is 73.1 Å². The first-order valence-corrected chi connectivity index (χ1v) is 7.08. The number of hydrogen-bond donors (Lipinski definition) is 0. The van der Waals surface area contributed by atoms with Gasteiger partial charge in [0.2, 0.25) is 0 Å². The SMILES string of the molecule is CCCC(CC(C)=O)C1=C(C)CCCC1(C)C. The molecule has 98 valence electrons. The van der Waals surface area contributed by atoms with E-state index in [0.717, 1.165) is 12.8 Å². The molecular formula is C16H28O. The van der Waals surface area contributed by atoms with Crippen molar-refractivity contribution in [1.29, 1.82) is 0 Å². The number of carbonyl (C=O) groups is 1. The smallest absolute Gasteiger partial charge is 0.130 e. The van der Waals surface area contributed by atoms with E-state index in [-0.39, 0.29) is 0 Å². The summed E-state index contributed by atoms with van der Waals surface area (Å²) < 4.78 is 0. The first-order chi connectivity index (χ1) is 7.88. The van der Waals surface area contributed by atoms with Crippen LogP contribution in [0.5, 0.6) is 0 Å². The summed E-state index contributed by atoms with van der Waals surface area (Å²) in [5.41, 5.74) is 3.46. The average molecular weight is 236 g/mol. The van der Waals surface area contributed by atoms with Gasteiger partial charge in [0, 0.05) is 6.42 Å². The number of rotatable bonds is 5. The second-order valence-electron chi connectivity index (χ2n) is 6.32. The van der Waals surface area contributed by atoms with Crippen LogP contribution >= 0.6 is 0 Å². The molecule has 17 heavy (non-hydrogen) atoms. The zero-order valence-corrected chi connectivity index (χ0v) is 12.2. The first kappa shape index (κ1) is 14.5. The molecule has 0 radical (unpaired) electrons. The maximum absolute atomic E-state index is 11.5. The largest absolute Gasteiger partial charge is 0.300 e. The van der Waals surface area contributed by atoms with Crippen LogP contribution in [0.25, 0.3) is 0 Å². The highest BCUT2D eigenvalue weighted by Crippen LogP contribution is 2.45. The second kappa shape index (κ2) is 5.84. The predicted molar refractivity (Wildman–Crippen MR) is 74.0 cm³/mol. The summed E-state index contributed by atoms with van der Waals surface area (Å²) in [6, 6.07) is 0. The van der Waals surface area contributed by atoms with Gasteiger partial charge in [0.25, 0.3) is 0 Å². The Kier molecular flexibility index (Phi) is 4.97. The van der Waals surface area contributed by atoms with Crippen molar-refractivity contribution in [2.45, 2.75) is 73.1 Å². The highest BCUT2D eigenvalue weighted by atomic mass is 16.1. The van der Waals surface area contributed by atoms with Gasteiger partial charge < -0.3 is 4.79 Å². The Morgan fingerprint density at radius 3 is 2.53 bits per heavy atom. The number of carbonyl (C=O) groups excluding carboxylic acids is 1. The van der Waals surface area contributed by atoms with E-state index in [1.54, 1.807) is 18.1 Å². The normalized spacial score (nSPS) is 21.5. The topological polar surface area (TPSA) is 17.1 Å². The fourth-order valence-electron chi connectivity index (χ4n) is 3.59. The zero-order chi connectivity index (χ0) is 13.1. The molecule has 1 heteroatoms. The van der Waals surface area contributed by atoms with Crippen molar-refractivity contribution < 1.29 is 4.79 Å². The Labute approximate surface area is 107 Å². The lowest BCUT2D eigenvalue weighted by Gasteiger charge is -2.39. The van der Waals surface area contributed by atoms with E-state index in [9.17, 15) is 4.79 Å². The van der Waals surface area contributed by atoms with Gasteiger partial charge >= 0.3 is 0 Å². The second-order valence-corrected chi connectivity index (χ2v) is 6.32. The lowest BCUT2D eigenvalue weighted by Crippen LogP contribution is -2.27. The van der Waals surface area contributed by atoms with Crippen molar-refractivity contribution >= 4 is 5.78 Å². The molecule has 0 saturated carbocycles. The minimum atomic E-state index is 0.303. The van der Waals surface area contributed by atoms with Gasteiger partial charge in [0.05, 0.1) is 0 Å². The van der Waals surface area contributed by atoms with E-state index in [2.05, 4.69) is 27.7 Å². The molecule has 0 saturated heterocycles. The third-order valence-electron chi connectivity index (χ3n) is 4.12. The summed E-state index contributed by atoms with van der Waals surface area (Å²) in [4.78, 5) is 11.5. The van der Waals surface area contributed by atoms with Gasteiger partial charge in [-0.2, -0.15) is 0 Å². The van der Waals surface area contributed by atoms with E-state index in [1.165, 1.54) is 25.7 Å². The Morgan fingerprint density at radius 1 is 1.41 bits per heavy atom. The van der Waals surface area contributed by atoms with Crippen LogP contribution in [0.3, 0.4) is 0 Å². The highest BCUT2D eigenvalue weighted by Gasteiger charge is 2.33. The quantitative estimate of drug-likeness (QED) is 0.620. The molecular weight excluding hydrogens is 208 g/mol. The van der Waals surface area contributed by atoms with Crippen LogP contribution < -0.4 is 0 Å². The summed E-state index contributed by atoms with van der Waals surface area (Å²) in [6.45, 7) is 10.9. The lowest BCUT2D eigenvalue weighted by molar-refractivity contribution is -0.117. The van der Waals surface area contributed by atoms with Crippen LogP contribution in [-0.2, 0) is 4.79 Å². The molecule has 1 nitrogen and oxygen atoms in total. The van der Waals surface area contributed by atoms with E-state index in [1.807, 2.05) is 0 Å². The van der Waals surface area contributed by atoms with Crippen LogP contribution in [0.15, 0.2) is 11.1 Å². The van der Waals surface area contributed by atoms with Crippen LogP contribution in [0.2, 0.25) is 0 Å². The first-order valence-electron chi connectivity index (χ1n) is 7.08. The van der Waals surface area contributed by atoms with Crippen molar-refractivity contribution in [3.05, 3.63) is 11.1 Å². The molecule has 0 spiro atoms. The Morgan fingerprint density at radius 2 is 2.06 bits per heavy atom. The third-order valence-corrected chi connectivity index (χ3v) is 4.12. The highest BCUT2D eigenvalue weighted by molar-refractivity contribution is 5.76. The fourth-order valence-corrected chi connectivity index (χ4v) is 3.59. The van der Waals surface area contributed by atoms with E-state index in [4.69, 9.17) is 0 Å². The van der Waals surface area contributed by atoms with Crippen molar-refractivity contribution in [2.75, 3.05) is 0 Å². The van der Waals surface area contributed by atoms with Gasteiger partial charge in [0.15, 0.2) is 0 Å². The fraction of sp³-hybridized carbons (Fsp3) is 0.812. The lowest BCUT2D eigenvalue weighted by atomic mass is 9.66. The molecule has 0 N–H and O–H groups in total. The Balaban J connectivity index is 3.01. The molecule has 1 aliphatic rings. The molecule has 1 atom stereocenters. The van der Waals surface area contributed by atoms with Gasteiger partial charge in [-0.3, -0.25) is 0 Å². The van der Waals surface area contributed by atoms with Crippen LogP contribution in [0, 0.1) is 11.3 Å². The summed E-state index contributed by atoms with van der Waals surface area (Å²) in [5, 5.41) is 0. The summed E-state index contributed by atoms with van der Waals surface area (Å²) in [7, 11) is 0. The van der Waals surface area contributed by atoms with Crippen molar-refractivity contribution in [3.8, 4) is 0 Å².